The summed E-state index contributed by atoms with van der Waals surface area (Å²) in [6, 6.07) is 18.4. The number of rotatable bonds is 4. The van der Waals surface area contributed by atoms with Crippen LogP contribution in [-0.4, -0.2) is 22.9 Å². The number of hydrogen-bond donors (Lipinski definition) is 1. The minimum atomic E-state index is -0.398. The van der Waals surface area contributed by atoms with Crippen LogP contribution in [0.2, 0.25) is 0 Å². The second-order valence-electron chi connectivity index (χ2n) is 5.28. The van der Waals surface area contributed by atoms with Crippen molar-refractivity contribution < 1.29 is 9.84 Å². The van der Waals surface area contributed by atoms with Crippen LogP contribution >= 0.6 is 0 Å². The van der Waals surface area contributed by atoms with Crippen molar-refractivity contribution in [1.82, 2.24) is 4.57 Å². The molecule has 0 fully saturated rings. The van der Waals surface area contributed by atoms with Crippen LogP contribution in [0.5, 0.6) is 5.75 Å². The molecule has 108 valence electrons. The molecule has 1 aromatic heterocycles. The number of hydrogen-bond acceptors (Lipinski definition) is 2. The molecule has 0 bridgehead atoms. The third-order valence-corrected chi connectivity index (χ3v) is 3.62. The van der Waals surface area contributed by atoms with Gasteiger partial charge in [-0.3, -0.25) is 0 Å². The van der Waals surface area contributed by atoms with Crippen LogP contribution in [0, 0.1) is 0 Å². The van der Waals surface area contributed by atoms with Crippen molar-refractivity contribution in [2.75, 3.05) is 7.11 Å². The topological polar surface area (TPSA) is 34.4 Å². The molecule has 2 aromatic carbocycles. The van der Waals surface area contributed by atoms with Gasteiger partial charge in [0, 0.05) is 23.1 Å². The number of aromatic nitrogens is 1. The Bertz CT molecular complexity index is 745. The van der Waals surface area contributed by atoms with E-state index in [-0.39, 0.29) is 0 Å². The van der Waals surface area contributed by atoms with E-state index in [9.17, 15) is 5.11 Å². The van der Waals surface area contributed by atoms with Crippen LogP contribution in [0.3, 0.4) is 0 Å². The fourth-order valence-corrected chi connectivity index (χ4v) is 2.68. The van der Waals surface area contributed by atoms with E-state index in [1.54, 1.807) is 7.11 Å². The maximum atomic E-state index is 9.81. The fourth-order valence-electron chi connectivity index (χ4n) is 2.68. The van der Waals surface area contributed by atoms with Crippen LogP contribution < -0.4 is 4.74 Å². The van der Waals surface area contributed by atoms with E-state index in [4.69, 9.17) is 4.74 Å². The van der Waals surface area contributed by atoms with Gasteiger partial charge in [0.05, 0.1) is 13.2 Å². The molecule has 3 heteroatoms. The van der Waals surface area contributed by atoms with Crippen LogP contribution in [0.15, 0.2) is 54.6 Å². The first-order chi connectivity index (χ1) is 10.2. The first kappa shape index (κ1) is 13.7. The Morgan fingerprint density at radius 2 is 1.86 bits per heavy atom. The molecule has 1 unspecified atom stereocenters. The molecule has 1 heterocycles. The molecule has 1 atom stereocenters. The maximum Gasteiger partial charge on any atom is 0.119 e. The van der Waals surface area contributed by atoms with E-state index in [0.29, 0.717) is 6.54 Å². The van der Waals surface area contributed by atoms with Crippen molar-refractivity contribution in [3.8, 4) is 17.0 Å². The van der Waals surface area contributed by atoms with Crippen molar-refractivity contribution in [1.29, 1.82) is 0 Å². The number of fused-ring (bicyclic) bond motifs is 1. The summed E-state index contributed by atoms with van der Waals surface area (Å²) < 4.78 is 7.46. The van der Waals surface area contributed by atoms with Crippen LogP contribution in [0.1, 0.15) is 6.92 Å². The number of ether oxygens (including phenoxy) is 1. The summed E-state index contributed by atoms with van der Waals surface area (Å²) in [4.78, 5) is 0. The Hall–Kier alpha value is -2.26. The number of nitrogens with zero attached hydrogens (tertiary/aromatic N) is 1. The molecule has 1 N–H and O–H groups in total. The van der Waals surface area contributed by atoms with Crippen LogP contribution in [-0.2, 0) is 6.54 Å². The molecule has 3 rings (SSSR count). The van der Waals surface area contributed by atoms with E-state index in [0.717, 1.165) is 27.9 Å². The standard InChI is InChI=1S/C18H19NO2/c1-13(20)12-19-17-9-8-16(21-2)10-15(17)11-18(19)14-6-4-3-5-7-14/h3-11,13,20H,12H2,1-2H3. The molecule has 0 amide bonds. The van der Waals surface area contributed by atoms with E-state index < -0.39 is 6.10 Å². The zero-order chi connectivity index (χ0) is 14.8. The smallest absolute Gasteiger partial charge is 0.119 e. The number of aliphatic hydroxyl groups excluding tert-OH is 1. The third-order valence-electron chi connectivity index (χ3n) is 3.62. The van der Waals surface area contributed by atoms with Crippen LogP contribution in [0.25, 0.3) is 22.2 Å². The molecule has 0 radical (unpaired) electrons. The molecule has 0 aliphatic heterocycles. The molecule has 0 spiro atoms. The Morgan fingerprint density at radius 1 is 1.10 bits per heavy atom. The van der Waals surface area contributed by atoms with E-state index in [1.165, 1.54) is 0 Å². The molecular weight excluding hydrogens is 262 g/mol. The van der Waals surface area contributed by atoms with Gasteiger partial charge in [-0.25, -0.2) is 0 Å². The van der Waals surface area contributed by atoms with Crippen molar-refractivity contribution in [3.63, 3.8) is 0 Å². The molecule has 0 aliphatic rings. The normalized spacial score (nSPS) is 12.5. The van der Waals surface area contributed by atoms with Gasteiger partial charge >= 0.3 is 0 Å². The fraction of sp³-hybridized carbons (Fsp3) is 0.222. The van der Waals surface area contributed by atoms with Crippen molar-refractivity contribution in [3.05, 3.63) is 54.6 Å². The second-order valence-corrected chi connectivity index (χ2v) is 5.28. The minimum Gasteiger partial charge on any atom is -0.497 e. The van der Waals surface area contributed by atoms with E-state index >= 15 is 0 Å². The zero-order valence-electron chi connectivity index (χ0n) is 12.3. The predicted octanol–water partition coefficient (Wildman–Crippen LogP) is 3.70. The Labute approximate surface area is 124 Å². The SMILES string of the molecule is COc1ccc2c(c1)cc(-c1ccccc1)n2CC(C)O. The lowest BCUT2D eigenvalue weighted by atomic mass is 10.1. The highest BCUT2D eigenvalue weighted by atomic mass is 16.5. The van der Waals surface area contributed by atoms with Gasteiger partial charge in [0.2, 0.25) is 0 Å². The van der Waals surface area contributed by atoms with Gasteiger partial charge in [0.25, 0.3) is 0 Å². The van der Waals surface area contributed by atoms with E-state index in [1.807, 2.05) is 43.3 Å². The largest absolute Gasteiger partial charge is 0.497 e. The summed E-state index contributed by atoms with van der Waals surface area (Å²) in [5.41, 5.74) is 3.36. The Kier molecular flexibility index (Phi) is 3.67. The first-order valence-electron chi connectivity index (χ1n) is 7.10. The van der Waals surface area contributed by atoms with Crippen LogP contribution in [0.4, 0.5) is 0 Å². The number of methoxy groups -OCH3 is 1. The molecule has 0 saturated heterocycles. The average Bonchev–Trinajstić information content (AvgIpc) is 2.85. The lowest BCUT2D eigenvalue weighted by molar-refractivity contribution is 0.176. The average molecular weight is 281 g/mol. The maximum absolute atomic E-state index is 9.81. The van der Waals surface area contributed by atoms with Gasteiger partial charge in [0.15, 0.2) is 0 Å². The molecule has 3 nitrogen and oxygen atoms in total. The van der Waals surface area contributed by atoms with Gasteiger partial charge in [-0.2, -0.15) is 0 Å². The lowest BCUT2D eigenvalue weighted by Gasteiger charge is -2.13. The third kappa shape index (κ3) is 2.65. The van der Waals surface area contributed by atoms with Crippen molar-refractivity contribution >= 4 is 10.9 Å². The van der Waals surface area contributed by atoms with Gasteiger partial charge in [-0.05, 0) is 36.8 Å². The summed E-state index contributed by atoms with van der Waals surface area (Å²) in [6.07, 6.45) is -0.398. The summed E-state index contributed by atoms with van der Waals surface area (Å²) in [5, 5.41) is 10.9. The quantitative estimate of drug-likeness (QED) is 0.791. The second kappa shape index (κ2) is 5.62. The summed E-state index contributed by atoms with van der Waals surface area (Å²) in [7, 11) is 1.67. The zero-order valence-corrected chi connectivity index (χ0v) is 12.3. The monoisotopic (exact) mass is 281 g/mol. The van der Waals surface area contributed by atoms with Gasteiger partial charge in [0.1, 0.15) is 5.75 Å². The van der Waals surface area contributed by atoms with Crippen molar-refractivity contribution in [2.24, 2.45) is 0 Å². The molecule has 3 aromatic rings. The van der Waals surface area contributed by atoms with E-state index in [2.05, 4.69) is 22.8 Å². The molecular formula is C18H19NO2. The lowest BCUT2D eigenvalue weighted by Crippen LogP contribution is -2.12. The predicted molar refractivity (Wildman–Crippen MR) is 85.6 cm³/mol. The highest BCUT2D eigenvalue weighted by Crippen LogP contribution is 2.30. The first-order valence-corrected chi connectivity index (χ1v) is 7.10. The number of benzene rings is 2. The summed E-state index contributed by atoms with van der Waals surface area (Å²) in [6.45, 7) is 2.38. The van der Waals surface area contributed by atoms with Gasteiger partial charge in [-0.1, -0.05) is 30.3 Å². The molecule has 21 heavy (non-hydrogen) atoms. The van der Waals surface area contributed by atoms with Crippen molar-refractivity contribution in [2.45, 2.75) is 19.6 Å². The highest BCUT2D eigenvalue weighted by molar-refractivity contribution is 5.88. The Morgan fingerprint density at radius 3 is 2.52 bits per heavy atom. The Balaban J connectivity index is 2.22. The highest BCUT2D eigenvalue weighted by Gasteiger charge is 2.12. The summed E-state index contributed by atoms with van der Waals surface area (Å²) in [5.74, 6) is 0.844. The molecule has 0 aliphatic carbocycles. The van der Waals surface area contributed by atoms with Gasteiger partial charge in [-0.15, -0.1) is 0 Å². The number of aliphatic hydroxyl groups is 1. The molecule has 0 saturated carbocycles. The summed E-state index contributed by atoms with van der Waals surface area (Å²) >= 11 is 0. The van der Waals surface area contributed by atoms with Gasteiger partial charge < -0.3 is 14.4 Å². The minimum absolute atomic E-state index is 0.398.